The molecule has 6 rings (SSSR count). The SMILES string of the molecule is Oc1ccccc1-c1nc(-c2ccccc2)c(-c2ccccc2)o1.[Rh].[c-]1ccccc1-c1ccccn1. The molecule has 0 fully saturated rings. The summed E-state index contributed by atoms with van der Waals surface area (Å²) in [5.41, 5.74) is 5.28. The Labute approximate surface area is 229 Å². The second-order valence-electron chi connectivity index (χ2n) is 7.94. The molecule has 0 bridgehead atoms. The first-order valence-electron chi connectivity index (χ1n) is 11.6. The summed E-state index contributed by atoms with van der Waals surface area (Å²) in [5.74, 6) is 1.25. The molecule has 0 saturated carbocycles. The number of hydrogen-bond acceptors (Lipinski definition) is 4. The first kappa shape index (κ1) is 25.7. The second kappa shape index (κ2) is 12.6. The quantitative estimate of drug-likeness (QED) is 0.173. The molecule has 0 aliphatic rings. The number of hydrogen-bond donors (Lipinski definition) is 1. The third-order valence-corrected chi connectivity index (χ3v) is 5.49. The number of nitrogens with zero attached hydrogens (tertiary/aromatic N) is 2. The van der Waals surface area contributed by atoms with Crippen molar-refractivity contribution in [1.82, 2.24) is 9.97 Å². The van der Waals surface area contributed by atoms with Gasteiger partial charge in [0.1, 0.15) is 11.4 Å². The topological polar surface area (TPSA) is 59.2 Å². The first-order chi connectivity index (χ1) is 17.8. The van der Waals surface area contributed by atoms with Crippen molar-refractivity contribution < 1.29 is 29.0 Å². The van der Waals surface area contributed by atoms with Crippen molar-refractivity contribution in [3.63, 3.8) is 0 Å². The molecule has 4 nitrogen and oxygen atoms in total. The Morgan fingerprint density at radius 1 is 0.649 bits per heavy atom. The van der Waals surface area contributed by atoms with Gasteiger partial charge in [0, 0.05) is 36.8 Å². The van der Waals surface area contributed by atoms with E-state index in [9.17, 15) is 5.11 Å². The Morgan fingerprint density at radius 2 is 1.30 bits per heavy atom. The van der Waals surface area contributed by atoms with Crippen LogP contribution < -0.4 is 0 Å². The standard InChI is InChI=1S/C21H15NO2.C11H8N.Rh/c23-18-14-8-7-13-17(18)21-22-19(15-9-3-1-4-10-15)20(24-21)16-11-5-2-6-12-16;1-2-6-10(7-3-1)11-8-4-5-9-12-11;/h1-14,23H;1-6,8-9H;/q;-1;. The molecule has 0 unspecified atom stereocenters. The van der Waals surface area contributed by atoms with Crippen LogP contribution in [0.25, 0.3) is 45.3 Å². The number of rotatable bonds is 4. The van der Waals surface area contributed by atoms with Gasteiger partial charge >= 0.3 is 0 Å². The molecule has 0 amide bonds. The predicted molar refractivity (Wildman–Crippen MR) is 143 cm³/mol. The third-order valence-electron chi connectivity index (χ3n) is 5.49. The van der Waals surface area contributed by atoms with Gasteiger partial charge in [-0.25, -0.2) is 4.98 Å². The normalized spacial score (nSPS) is 10.1. The molecule has 0 spiro atoms. The van der Waals surface area contributed by atoms with Gasteiger partial charge in [0.05, 0.1) is 5.56 Å². The average Bonchev–Trinajstić information content (AvgIpc) is 3.41. The molecular weight excluding hydrogens is 547 g/mol. The van der Waals surface area contributed by atoms with Crippen molar-refractivity contribution in [2.75, 3.05) is 0 Å². The number of oxazole rings is 1. The number of benzene rings is 4. The zero-order chi connectivity index (χ0) is 24.6. The van der Waals surface area contributed by atoms with Crippen molar-refractivity contribution in [1.29, 1.82) is 0 Å². The smallest absolute Gasteiger partial charge is 0.231 e. The van der Waals surface area contributed by atoms with Crippen LogP contribution in [0.15, 0.2) is 138 Å². The summed E-state index contributed by atoms with van der Waals surface area (Å²) < 4.78 is 6.05. The van der Waals surface area contributed by atoms with Crippen LogP contribution in [0, 0.1) is 6.07 Å². The van der Waals surface area contributed by atoms with Crippen LogP contribution in [0.3, 0.4) is 0 Å². The minimum absolute atomic E-state index is 0. The number of phenols is 1. The number of aromatic hydroxyl groups is 1. The van der Waals surface area contributed by atoms with E-state index in [1.54, 1.807) is 24.4 Å². The maximum atomic E-state index is 10.1. The summed E-state index contributed by atoms with van der Waals surface area (Å²) in [6.45, 7) is 0. The van der Waals surface area contributed by atoms with Crippen molar-refractivity contribution in [3.05, 3.63) is 140 Å². The fourth-order valence-electron chi connectivity index (χ4n) is 3.74. The minimum Gasteiger partial charge on any atom is -0.507 e. The van der Waals surface area contributed by atoms with Crippen molar-refractivity contribution in [2.24, 2.45) is 0 Å². The summed E-state index contributed by atoms with van der Waals surface area (Å²) in [6.07, 6.45) is 1.79. The molecule has 0 aliphatic heterocycles. The van der Waals surface area contributed by atoms with Crippen molar-refractivity contribution >= 4 is 0 Å². The Bertz CT molecular complexity index is 1430. The van der Waals surface area contributed by atoms with Gasteiger partial charge in [0.2, 0.25) is 5.89 Å². The molecule has 0 atom stereocenters. The zero-order valence-corrected chi connectivity index (χ0v) is 21.4. The molecule has 37 heavy (non-hydrogen) atoms. The van der Waals surface area contributed by atoms with E-state index in [1.807, 2.05) is 109 Å². The fraction of sp³-hybridized carbons (Fsp3) is 0. The van der Waals surface area contributed by atoms with Crippen molar-refractivity contribution in [2.45, 2.75) is 0 Å². The maximum Gasteiger partial charge on any atom is 0.231 e. The Balaban J connectivity index is 0.000000208. The molecule has 0 saturated heterocycles. The van der Waals surface area contributed by atoms with Crippen LogP contribution in [0.2, 0.25) is 0 Å². The Hall–Kier alpha value is -4.34. The van der Waals surface area contributed by atoms with E-state index in [0.29, 0.717) is 17.2 Å². The zero-order valence-electron chi connectivity index (χ0n) is 19.8. The van der Waals surface area contributed by atoms with Gasteiger partial charge in [-0.15, -0.1) is 35.9 Å². The van der Waals surface area contributed by atoms with E-state index in [-0.39, 0.29) is 25.2 Å². The molecule has 183 valence electrons. The summed E-state index contributed by atoms with van der Waals surface area (Å²) in [7, 11) is 0. The van der Waals surface area contributed by atoms with E-state index in [1.165, 1.54) is 0 Å². The Kier molecular flexibility index (Phi) is 8.75. The molecule has 2 heterocycles. The van der Waals surface area contributed by atoms with Crippen LogP contribution in [0.1, 0.15) is 0 Å². The first-order valence-corrected chi connectivity index (χ1v) is 11.6. The monoisotopic (exact) mass is 570 g/mol. The van der Waals surface area contributed by atoms with Crippen LogP contribution in [0.4, 0.5) is 0 Å². The summed E-state index contributed by atoms with van der Waals surface area (Å²) >= 11 is 0. The minimum atomic E-state index is 0. The van der Waals surface area contributed by atoms with Crippen molar-refractivity contribution in [3.8, 4) is 51.0 Å². The van der Waals surface area contributed by atoms with E-state index >= 15 is 0 Å². The number of pyridine rings is 1. The second-order valence-corrected chi connectivity index (χ2v) is 7.94. The third kappa shape index (κ3) is 6.27. The van der Waals surface area contributed by atoms with Gasteiger partial charge in [-0.2, -0.15) is 0 Å². The predicted octanol–water partition coefficient (Wildman–Crippen LogP) is 7.93. The average molecular weight is 570 g/mol. The maximum absolute atomic E-state index is 10.1. The molecular formula is C32H23N2O2Rh-. The van der Waals surface area contributed by atoms with Gasteiger partial charge in [0.25, 0.3) is 0 Å². The van der Waals surface area contributed by atoms with Crippen LogP contribution >= 0.6 is 0 Å². The number of aromatic nitrogens is 2. The molecule has 6 aromatic rings. The number of para-hydroxylation sites is 1. The van der Waals surface area contributed by atoms with Gasteiger partial charge < -0.3 is 14.5 Å². The van der Waals surface area contributed by atoms with Crippen LogP contribution in [-0.4, -0.2) is 15.1 Å². The van der Waals surface area contributed by atoms with Gasteiger partial charge in [-0.1, -0.05) is 84.9 Å². The van der Waals surface area contributed by atoms with E-state index in [0.717, 1.165) is 28.1 Å². The fourth-order valence-corrected chi connectivity index (χ4v) is 3.74. The van der Waals surface area contributed by atoms with E-state index in [4.69, 9.17) is 4.42 Å². The molecule has 1 N–H and O–H groups in total. The molecule has 4 aromatic carbocycles. The molecule has 2 aromatic heterocycles. The molecule has 0 aliphatic carbocycles. The van der Waals surface area contributed by atoms with E-state index in [2.05, 4.69) is 16.0 Å². The van der Waals surface area contributed by atoms with E-state index < -0.39 is 0 Å². The molecule has 1 radical (unpaired) electrons. The van der Waals surface area contributed by atoms with Gasteiger partial charge in [-0.05, 0) is 23.9 Å². The Morgan fingerprint density at radius 3 is 1.95 bits per heavy atom. The summed E-state index contributed by atoms with van der Waals surface area (Å²) in [5, 5.41) is 10.1. The largest absolute Gasteiger partial charge is 0.507 e. The van der Waals surface area contributed by atoms with Gasteiger partial charge in [-0.3, -0.25) is 0 Å². The summed E-state index contributed by atoms with van der Waals surface area (Å²) in [4.78, 5) is 8.88. The molecule has 5 heteroatoms. The van der Waals surface area contributed by atoms with Crippen LogP contribution in [0.5, 0.6) is 5.75 Å². The van der Waals surface area contributed by atoms with Gasteiger partial charge in [0.15, 0.2) is 5.76 Å². The number of phenolic OH excluding ortho intramolecular Hbond substituents is 1. The summed E-state index contributed by atoms with van der Waals surface area (Å²) in [6, 6.07) is 43.6. The van der Waals surface area contributed by atoms with Crippen LogP contribution in [-0.2, 0) is 19.5 Å².